The second kappa shape index (κ2) is 24.4. The number of nitrogens with one attached hydrogen (secondary N) is 2. The van der Waals surface area contributed by atoms with Crippen LogP contribution in [0.3, 0.4) is 0 Å². The number of amides is 2. The number of aromatic nitrogens is 6. The Morgan fingerprint density at radius 1 is 0.564 bits per heavy atom. The molecule has 5 heterocycles. The standard InChI is InChI=1S/C23H22N4O4.C18H14N4O2.C17H17NO4.ClH/c1-23(2,3)31-22(29)24-13-17-12-20(28)18-11-15(9-10-21(18)30-17)19-14-27(26-25-19)16-7-5-4-6-8-16;19-10-14-9-17(23)15-8-12(6-7-18(15)24-14)16-11-22(21-20-16)13-4-2-1-3-5-13;1-5-11-6-7-15-13(8-11)14(19)9-12(21-15)10-18-16(20)22-17(2,3)4;/h4-12,14H,13H2,1-3H3,(H,24,29);1-9,11H,10,19H2;1,6-9H,10H2,2-4H3,(H,18,20);1H. The Kier molecular flexibility index (Phi) is 17.5. The van der Waals surface area contributed by atoms with Gasteiger partial charge in [0.2, 0.25) is 0 Å². The topological polar surface area (TPSA) is 255 Å². The lowest BCUT2D eigenvalue weighted by Gasteiger charge is -2.19. The Morgan fingerprint density at radius 3 is 1.35 bits per heavy atom. The van der Waals surface area contributed by atoms with E-state index >= 15 is 0 Å². The first-order valence-corrected chi connectivity index (χ1v) is 24.1. The second-order valence-electron chi connectivity index (χ2n) is 19.2. The van der Waals surface area contributed by atoms with Crippen molar-refractivity contribution in [2.75, 3.05) is 0 Å². The van der Waals surface area contributed by atoms with E-state index in [4.69, 9.17) is 34.9 Å². The predicted molar refractivity (Wildman–Crippen MR) is 297 cm³/mol. The molecule has 78 heavy (non-hydrogen) atoms. The maximum Gasteiger partial charge on any atom is 0.408 e. The van der Waals surface area contributed by atoms with Crippen molar-refractivity contribution in [1.29, 1.82) is 0 Å². The van der Waals surface area contributed by atoms with Crippen molar-refractivity contribution in [2.45, 2.75) is 72.4 Å². The number of para-hydroxylation sites is 2. The average Bonchev–Trinajstić information content (AvgIpc) is 4.17. The maximum absolute atomic E-state index is 12.6. The summed E-state index contributed by atoms with van der Waals surface area (Å²) in [5.74, 6) is 3.62. The van der Waals surface area contributed by atoms with E-state index in [9.17, 15) is 24.0 Å². The molecule has 2 amide bonds. The van der Waals surface area contributed by atoms with Crippen LogP contribution in [0.1, 0.15) is 64.4 Å². The summed E-state index contributed by atoms with van der Waals surface area (Å²) in [5.41, 5.74) is 10.5. The summed E-state index contributed by atoms with van der Waals surface area (Å²) in [6.45, 7) is 10.9. The van der Waals surface area contributed by atoms with Gasteiger partial charge < -0.3 is 39.1 Å². The van der Waals surface area contributed by atoms with Gasteiger partial charge in [-0.3, -0.25) is 14.4 Å². The molecular weight excluding hydrogens is 1020 g/mol. The molecule has 0 aliphatic rings. The van der Waals surface area contributed by atoms with Crippen molar-refractivity contribution >= 4 is 57.5 Å². The van der Waals surface area contributed by atoms with E-state index in [1.165, 1.54) is 18.2 Å². The number of hydrogen-bond donors (Lipinski definition) is 3. The number of carbonyl (C=O) groups is 2. The van der Waals surface area contributed by atoms with Crippen LogP contribution in [-0.4, -0.2) is 53.4 Å². The number of alkyl carbamates (subject to hydrolysis) is 2. The molecule has 398 valence electrons. The summed E-state index contributed by atoms with van der Waals surface area (Å²) in [6, 6.07) is 39.0. The normalized spacial score (nSPS) is 11.1. The lowest BCUT2D eigenvalue weighted by molar-refractivity contribution is 0.0509. The zero-order valence-electron chi connectivity index (χ0n) is 43.3. The molecular formula is C58H54ClN9O10. The molecule has 5 aromatic heterocycles. The predicted octanol–water partition coefficient (Wildman–Crippen LogP) is 9.79. The molecule has 10 aromatic rings. The Labute approximate surface area is 452 Å². The van der Waals surface area contributed by atoms with Gasteiger partial charge in [-0.25, -0.2) is 19.0 Å². The molecule has 0 bridgehead atoms. The quantitative estimate of drug-likeness (QED) is 0.114. The van der Waals surface area contributed by atoms with E-state index < -0.39 is 23.4 Å². The Morgan fingerprint density at radius 2 is 0.949 bits per heavy atom. The van der Waals surface area contributed by atoms with Crippen LogP contribution in [0.25, 0.3) is 66.8 Å². The fraction of sp³-hybridized carbons (Fsp3) is 0.190. The van der Waals surface area contributed by atoms with E-state index in [0.717, 1.165) is 22.5 Å². The van der Waals surface area contributed by atoms with Crippen LogP contribution < -0.4 is 32.7 Å². The monoisotopic (exact) mass is 1070 g/mol. The van der Waals surface area contributed by atoms with E-state index in [-0.39, 0.29) is 48.3 Å². The Bertz CT molecular complexity index is 3980. The highest BCUT2D eigenvalue weighted by Crippen LogP contribution is 2.25. The summed E-state index contributed by atoms with van der Waals surface area (Å²) in [4.78, 5) is 60.3. The molecule has 4 N–H and O–H groups in total. The highest BCUT2D eigenvalue weighted by Gasteiger charge is 2.19. The molecule has 0 aliphatic carbocycles. The van der Waals surface area contributed by atoms with Gasteiger partial charge >= 0.3 is 12.2 Å². The van der Waals surface area contributed by atoms with Gasteiger partial charge in [-0.05, 0) is 120 Å². The van der Waals surface area contributed by atoms with Crippen molar-refractivity contribution in [3.63, 3.8) is 0 Å². The molecule has 0 aliphatic heterocycles. The van der Waals surface area contributed by atoms with Crippen LogP contribution in [0.15, 0.2) is 173 Å². The van der Waals surface area contributed by atoms with E-state index in [2.05, 4.69) is 37.2 Å². The van der Waals surface area contributed by atoms with E-state index in [0.29, 0.717) is 67.1 Å². The average molecular weight is 1070 g/mol. The van der Waals surface area contributed by atoms with Crippen LogP contribution in [0, 0.1) is 12.3 Å². The van der Waals surface area contributed by atoms with E-state index in [1.807, 2.05) is 79.0 Å². The van der Waals surface area contributed by atoms with Gasteiger partial charge in [-0.1, -0.05) is 52.7 Å². The van der Waals surface area contributed by atoms with Gasteiger partial charge in [0.25, 0.3) is 0 Å². The minimum atomic E-state index is -0.604. The number of terminal acetylenes is 1. The number of halogens is 1. The summed E-state index contributed by atoms with van der Waals surface area (Å²) in [7, 11) is 0. The van der Waals surface area contributed by atoms with Gasteiger partial charge in [0, 0.05) is 34.9 Å². The number of carbonyl (C=O) groups excluding carboxylic acids is 2. The number of benzene rings is 5. The van der Waals surface area contributed by atoms with Crippen molar-refractivity contribution in [3.8, 4) is 46.2 Å². The van der Waals surface area contributed by atoms with Crippen molar-refractivity contribution in [1.82, 2.24) is 40.6 Å². The fourth-order valence-corrected chi connectivity index (χ4v) is 7.45. The van der Waals surface area contributed by atoms with Gasteiger partial charge in [0.05, 0.1) is 59.6 Å². The number of rotatable bonds is 9. The van der Waals surface area contributed by atoms with Crippen molar-refractivity contribution in [3.05, 3.63) is 199 Å². The molecule has 10 rings (SSSR count). The number of fused-ring (bicyclic) bond motifs is 3. The summed E-state index contributed by atoms with van der Waals surface area (Å²) >= 11 is 0. The number of nitrogens with two attached hydrogens (primary N) is 1. The third-order valence-electron chi connectivity index (χ3n) is 10.9. The van der Waals surface area contributed by atoms with Crippen molar-refractivity contribution < 1.29 is 32.3 Å². The van der Waals surface area contributed by atoms with Gasteiger partial charge in [0.15, 0.2) is 16.3 Å². The Balaban J connectivity index is 0.000000172. The first-order chi connectivity index (χ1) is 36.8. The maximum atomic E-state index is 12.6. The molecule has 0 saturated heterocycles. The first-order valence-electron chi connectivity index (χ1n) is 24.1. The highest BCUT2D eigenvalue weighted by atomic mass is 35.5. The van der Waals surface area contributed by atoms with Crippen LogP contribution >= 0.6 is 12.4 Å². The number of hydrogen-bond acceptors (Lipinski definition) is 15. The molecule has 19 nitrogen and oxygen atoms in total. The third-order valence-corrected chi connectivity index (χ3v) is 10.9. The Hall–Kier alpha value is -9.64. The van der Waals surface area contributed by atoms with Gasteiger partial charge in [-0.2, -0.15) is 0 Å². The number of nitrogens with zero attached hydrogens (tertiary/aromatic N) is 6. The third kappa shape index (κ3) is 14.6. The zero-order chi connectivity index (χ0) is 54.9. The van der Waals surface area contributed by atoms with Gasteiger partial charge in [-0.15, -0.1) is 29.0 Å². The smallest absolute Gasteiger partial charge is 0.408 e. The largest absolute Gasteiger partial charge is 0.459 e. The molecule has 0 unspecified atom stereocenters. The fourth-order valence-electron chi connectivity index (χ4n) is 7.45. The lowest BCUT2D eigenvalue weighted by atomic mass is 10.1. The SMILES string of the molecule is C#Cc1ccc2oc(CNC(=O)OC(C)(C)C)cc(=O)c2c1.CC(C)(C)OC(=O)NCc1cc(=O)c2cc(-c3cn(-c4ccccc4)nn3)ccc2o1.Cl.NCc1cc(=O)c2cc(-c3cn(-c4ccccc4)nn3)ccc2o1. The van der Waals surface area contributed by atoms with Crippen molar-refractivity contribution in [2.24, 2.45) is 5.73 Å². The molecule has 0 spiro atoms. The van der Waals surface area contributed by atoms with E-state index in [1.54, 1.807) is 99.6 Å². The number of ether oxygens (including phenoxy) is 2. The first kappa shape index (κ1) is 56.1. The van der Waals surface area contributed by atoms with Crippen LogP contribution in [0.2, 0.25) is 0 Å². The molecule has 0 fully saturated rings. The minimum Gasteiger partial charge on any atom is -0.459 e. The highest BCUT2D eigenvalue weighted by molar-refractivity contribution is 5.85. The molecule has 20 heteroatoms. The zero-order valence-corrected chi connectivity index (χ0v) is 44.1. The second-order valence-corrected chi connectivity index (χ2v) is 19.2. The molecule has 0 saturated carbocycles. The summed E-state index contributed by atoms with van der Waals surface area (Å²) in [5, 5.41) is 23.2. The molecule has 5 aromatic carbocycles. The van der Waals surface area contributed by atoms with Crippen LogP contribution in [0.4, 0.5) is 9.59 Å². The lowest BCUT2D eigenvalue weighted by Crippen LogP contribution is -2.32. The molecule has 0 radical (unpaired) electrons. The minimum absolute atomic E-state index is 0. The van der Waals surface area contributed by atoms with Gasteiger partial charge in [0.1, 0.15) is 56.6 Å². The van der Waals surface area contributed by atoms with Crippen LogP contribution in [0.5, 0.6) is 0 Å². The van der Waals surface area contributed by atoms with Crippen LogP contribution in [-0.2, 0) is 29.1 Å². The summed E-state index contributed by atoms with van der Waals surface area (Å²) in [6.07, 6.45) is 7.79. The summed E-state index contributed by atoms with van der Waals surface area (Å²) < 4.78 is 30.6. The molecule has 0 atom stereocenters.